The number of pyridine rings is 1. The first-order chi connectivity index (χ1) is 6.52. The van der Waals surface area contributed by atoms with Crippen LogP contribution in [0.3, 0.4) is 0 Å². The molecule has 0 radical (unpaired) electrons. The van der Waals surface area contributed by atoms with Crippen molar-refractivity contribution >= 4 is 15.9 Å². The molecule has 0 spiro atoms. The van der Waals surface area contributed by atoms with Crippen LogP contribution in [0.15, 0.2) is 18.5 Å². The molecule has 0 aliphatic carbocycles. The van der Waals surface area contributed by atoms with Gasteiger partial charge in [0.05, 0.1) is 4.83 Å². The van der Waals surface area contributed by atoms with Gasteiger partial charge in [0, 0.05) is 18.0 Å². The molecule has 0 saturated heterocycles. The van der Waals surface area contributed by atoms with Crippen LogP contribution in [0.5, 0.6) is 5.75 Å². The van der Waals surface area contributed by atoms with Crippen molar-refractivity contribution in [3.63, 3.8) is 0 Å². The minimum absolute atomic E-state index is 0.119. The normalized spacial score (nSPS) is 29.1. The molecule has 1 aromatic heterocycles. The van der Waals surface area contributed by atoms with Gasteiger partial charge in [-0.05, 0) is 19.9 Å². The van der Waals surface area contributed by atoms with E-state index in [1.165, 1.54) is 0 Å². The van der Waals surface area contributed by atoms with Gasteiger partial charge in [0.25, 0.3) is 0 Å². The van der Waals surface area contributed by atoms with E-state index in [2.05, 4.69) is 20.9 Å². The Morgan fingerprint density at radius 2 is 2.29 bits per heavy atom. The molecule has 2 rings (SSSR count). The number of alkyl halides is 1. The van der Waals surface area contributed by atoms with E-state index in [1.807, 2.05) is 13.8 Å². The minimum Gasteiger partial charge on any atom is -0.486 e. The fourth-order valence-corrected chi connectivity index (χ4v) is 1.96. The van der Waals surface area contributed by atoms with Crippen molar-refractivity contribution < 1.29 is 9.84 Å². The summed E-state index contributed by atoms with van der Waals surface area (Å²) >= 11 is 3.44. The second kappa shape index (κ2) is 3.21. The number of halogens is 1. The third-order valence-electron chi connectivity index (χ3n) is 2.44. The highest BCUT2D eigenvalue weighted by atomic mass is 79.9. The van der Waals surface area contributed by atoms with E-state index in [-0.39, 0.29) is 4.83 Å². The number of rotatable bonds is 0. The van der Waals surface area contributed by atoms with Gasteiger partial charge in [-0.15, -0.1) is 0 Å². The third-order valence-corrected chi connectivity index (χ3v) is 4.05. The number of nitrogens with zero attached hydrogens (tertiary/aromatic N) is 1. The highest BCUT2D eigenvalue weighted by molar-refractivity contribution is 9.09. The number of aliphatic hydroxyl groups excluding tert-OH is 1. The van der Waals surface area contributed by atoms with Crippen molar-refractivity contribution in [2.75, 3.05) is 0 Å². The van der Waals surface area contributed by atoms with E-state index in [9.17, 15) is 5.11 Å². The highest BCUT2D eigenvalue weighted by Crippen LogP contribution is 2.42. The van der Waals surface area contributed by atoms with E-state index < -0.39 is 11.7 Å². The molecule has 1 aliphatic rings. The number of fused-ring (bicyclic) bond motifs is 1. The Hall–Kier alpha value is -0.610. The zero-order chi connectivity index (χ0) is 10.3. The Kier molecular flexibility index (Phi) is 2.27. The SMILES string of the molecule is CC1(C)Oc2ccncc2[C@H](O)[C@H]1Br. The molecular formula is C10H12BrNO2. The summed E-state index contributed by atoms with van der Waals surface area (Å²) in [5, 5.41) is 10.00. The Morgan fingerprint density at radius 3 is 3.00 bits per heavy atom. The zero-order valence-electron chi connectivity index (χ0n) is 8.07. The van der Waals surface area contributed by atoms with Gasteiger partial charge in [0.2, 0.25) is 0 Å². The van der Waals surface area contributed by atoms with E-state index in [1.54, 1.807) is 18.5 Å². The molecule has 2 heterocycles. The first-order valence-corrected chi connectivity index (χ1v) is 5.39. The average Bonchev–Trinajstić information content (AvgIpc) is 2.14. The van der Waals surface area contributed by atoms with Crippen molar-refractivity contribution in [3.8, 4) is 5.75 Å². The quantitative estimate of drug-likeness (QED) is 0.724. The molecule has 0 bridgehead atoms. The molecule has 1 N–H and O–H groups in total. The highest BCUT2D eigenvalue weighted by Gasteiger charge is 2.41. The van der Waals surface area contributed by atoms with Crippen molar-refractivity contribution in [3.05, 3.63) is 24.0 Å². The summed E-state index contributed by atoms with van der Waals surface area (Å²) in [5.41, 5.74) is 0.335. The third kappa shape index (κ3) is 1.42. The maximum Gasteiger partial charge on any atom is 0.129 e. The van der Waals surface area contributed by atoms with Crippen LogP contribution in [0.4, 0.5) is 0 Å². The summed E-state index contributed by atoms with van der Waals surface area (Å²) in [6.45, 7) is 3.89. The maximum atomic E-state index is 10.00. The second-order valence-electron chi connectivity index (χ2n) is 3.97. The van der Waals surface area contributed by atoms with Crippen LogP contribution in [0.1, 0.15) is 25.5 Å². The van der Waals surface area contributed by atoms with Gasteiger partial charge in [0.15, 0.2) is 0 Å². The Morgan fingerprint density at radius 1 is 1.57 bits per heavy atom. The number of ether oxygens (including phenoxy) is 1. The number of hydrogen-bond acceptors (Lipinski definition) is 3. The van der Waals surface area contributed by atoms with E-state index >= 15 is 0 Å². The summed E-state index contributed by atoms with van der Waals surface area (Å²) < 4.78 is 5.76. The van der Waals surface area contributed by atoms with E-state index in [0.717, 1.165) is 5.56 Å². The Balaban J connectivity index is 2.48. The van der Waals surface area contributed by atoms with Gasteiger partial charge < -0.3 is 9.84 Å². The molecule has 1 aromatic rings. The fourth-order valence-electron chi connectivity index (χ4n) is 1.59. The lowest BCUT2D eigenvalue weighted by Crippen LogP contribution is -2.45. The maximum absolute atomic E-state index is 10.00. The molecule has 76 valence electrons. The second-order valence-corrected chi connectivity index (χ2v) is 4.95. The van der Waals surface area contributed by atoms with Gasteiger partial charge in [-0.3, -0.25) is 4.98 Å². The molecule has 2 atom stereocenters. The van der Waals surface area contributed by atoms with Crippen LogP contribution in [0, 0.1) is 0 Å². The molecule has 0 saturated carbocycles. The number of aliphatic hydroxyl groups is 1. The first-order valence-electron chi connectivity index (χ1n) is 4.47. The monoisotopic (exact) mass is 257 g/mol. The van der Waals surface area contributed by atoms with Crippen LogP contribution < -0.4 is 4.74 Å². The van der Waals surface area contributed by atoms with Gasteiger partial charge >= 0.3 is 0 Å². The molecule has 0 fully saturated rings. The molecule has 14 heavy (non-hydrogen) atoms. The van der Waals surface area contributed by atoms with Crippen molar-refractivity contribution in [1.29, 1.82) is 0 Å². The zero-order valence-corrected chi connectivity index (χ0v) is 9.65. The lowest BCUT2D eigenvalue weighted by molar-refractivity contribution is 0.0222. The van der Waals surface area contributed by atoms with Crippen LogP contribution in [-0.4, -0.2) is 20.5 Å². The Labute approximate surface area is 91.2 Å². The summed E-state index contributed by atoms with van der Waals surface area (Å²) in [6.07, 6.45) is 2.74. The fraction of sp³-hybridized carbons (Fsp3) is 0.500. The largest absolute Gasteiger partial charge is 0.486 e. The molecule has 0 unspecified atom stereocenters. The predicted molar refractivity (Wildman–Crippen MR) is 56.6 cm³/mol. The van der Waals surface area contributed by atoms with Gasteiger partial charge in [0.1, 0.15) is 17.5 Å². The number of hydrogen-bond donors (Lipinski definition) is 1. The smallest absolute Gasteiger partial charge is 0.129 e. The predicted octanol–water partition coefficient (Wildman–Crippen LogP) is 2.05. The first kappa shape index (κ1) is 9.93. The summed E-state index contributed by atoms with van der Waals surface area (Å²) in [6, 6.07) is 1.78. The molecule has 4 heteroatoms. The van der Waals surface area contributed by atoms with Crippen molar-refractivity contribution in [2.45, 2.75) is 30.4 Å². The molecule has 1 aliphatic heterocycles. The van der Waals surface area contributed by atoms with E-state index in [4.69, 9.17) is 4.74 Å². The van der Waals surface area contributed by atoms with Crippen LogP contribution >= 0.6 is 15.9 Å². The van der Waals surface area contributed by atoms with Crippen molar-refractivity contribution in [1.82, 2.24) is 4.98 Å². The standard InChI is InChI=1S/C10H12BrNO2/c1-10(2)9(11)8(13)6-5-12-4-3-7(6)14-10/h3-5,8-9,13H,1-2H3/t8-,9+/m0/s1. The van der Waals surface area contributed by atoms with Crippen LogP contribution in [0.25, 0.3) is 0 Å². The lowest BCUT2D eigenvalue weighted by Gasteiger charge is -2.39. The minimum atomic E-state index is -0.567. The topological polar surface area (TPSA) is 42.4 Å². The molecule has 0 aromatic carbocycles. The molecule has 3 nitrogen and oxygen atoms in total. The van der Waals surface area contributed by atoms with Gasteiger partial charge in [-0.25, -0.2) is 0 Å². The molecule has 0 amide bonds. The van der Waals surface area contributed by atoms with Crippen LogP contribution in [0.2, 0.25) is 0 Å². The summed E-state index contributed by atoms with van der Waals surface area (Å²) in [7, 11) is 0. The van der Waals surface area contributed by atoms with E-state index in [0.29, 0.717) is 5.75 Å². The summed E-state index contributed by atoms with van der Waals surface area (Å²) in [4.78, 5) is 3.85. The van der Waals surface area contributed by atoms with Crippen molar-refractivity contribution in [2.24, 2.45) is 0 Å². The van der Waals surface area contributed by atoms with Gasteiger partial charge in [-0.1, -0.05) is 15.9 Å². The average molecular weight is 258 g/mol. The summed E-state index contributed by atoms with van der Waals surface area (Å²) in [5.74, 6) is 0.716. The Bertz CT molecular complexity index is 354. The van der Waals surface area contributed by atoms with Gasteiger partial charge in [-0.2, -0.15) is 0 Å². The molecular weight excluding hydrogens is 246 g/mol. The lowest BCUT2D eigenvalue weighted by atomic mass is 9.93. The van der Waals surface area contributed by atoms with Crippen LogP contribution in [-0.2, 0) is 0 Å². The number of aromatic nitrogens is 1.